The summed E-state index contributed by atoms with van der Waals surface area (Å²) in [5.41, 5.74) is 2.61. The molecule has 0 radical (unpaired) electrons. The number of aliphatic hydroxyl groups is 1. The monoisotopic (exact) mass is 303 g/mol. The summed E-state index contributed by atoms with van der Waals surface area (Å²) in [5, 5.41) is 19.5. The topological polar surface area (TPSA) is 44.0 Å². The highest BCUT2D eigenvalue weighted by Gasteiger charge is 2.09. The van der Waals surface area contributed by atoms with Gasteiger partial charge in [-0.1, -0.05) is 29.8 Å². The normalized spacial score (nSPS) is 11.9. The van der Waals surface area contributed by atoms with Gasteiger partial charge in [0, 0.05) is 15.7 Å². The maximum Gasteiger partial charge on any atom is 0.0992 e. The Morgan fingerprint density at radius 1 is 1.25 bits per heavy atom. The maximum absolute atomic E-state index is 9.79. The van der Waals surface area contributed by atoms with Crippen molar-refractivity contribution in [1.29, 1.82) is 5.26 Å². The van der Waals surface area contributed by atoms with Gasteiger partial charge in [0.1, 0.15) is 0 Å². The van der Waals surface area contributed by atoms with E-state index in [1.807, 2.05) is 36.4 Å². The Hall–Kier alpha value is -1.47. The van der Waals surface area contributed by atoms with Crippen molar-refractivity contribution in [3.8, 4) is 6.07 Å². The van der Waals surface area contributed by atoms with Crippen LogP contribution >= 0.6 is 23.4 Å². The van der Waals surface area contributed by atoms with Crippen molar-refractivity contribution in [3.63, 3.8) is 0 Å². The maximum atomic E-state index is 9.79. The number of rotatable bonds is 4. The number of nitriles is 1. The van der Waals surface area contributed by atoms with Gasteiger partial charge in [-0.05, 0) is 42.3 Å². The molecule has 0 saturated heterocycles. The lowest BCUT2D eigenvalue weighted by molar-refractivity contribution is 0.196. The van der Waals surface area contributed by atoms with Crippen molar-refractivity contribution < 1.29 is 5.11 Å². The molecular weight excluding hydrogens is 290 g/mol. The standard InChI is InChI=1S/C16H14ClNOS/c1-11(19)15-7-4-13(9-18)8-16(15)20-10-12-2-5-14(17)6-3-12/h2-8,11,19H,10H2,1H3. The van der Waals surface area contributed by atoms with E-state index in [2.05, 4.69) is 6.07 Å². The summed E-state index contributed by atoms with van der Waals surface area (Å²) in [4.78, 5) is 0.939. The van der Waals surface area contributed by atoms with E-state index in [-0.39, 0.29) is 0 Å². The summed E-state index contributed by atoms with van der Waals surface area (Å²) in [6, 6.07) is 15.2. The average Bonchev–Trinajstić information content (AvgIpc) is 2.46. The zero-order chi connectivity index (χ0) is 14.5. The first-order chi connectivity index (χ1) is 9.60. The van der Waals surface area contributed by atoms with Gasteiger partial charge in [-0.25, -0.2) is 0 Å². The van der Waals surface area contributed by atoms with Crippen molar-refractivity contribution in [1.82, 2.24) is 0 Å². The van der Waals surface area contributed by atoms with Crippen molar-refractivity contribution in [2.24, 2.45) is 0 Å². The molecule has 2 aromatic rings. The molecule has 1 unspecified atom stereocenters. The number of thioether (sulfide) groups is 1. The van der Waals surface area contributed by atoms with Crippen molar-refractivity contribution in [2.75, 3.05) is 0 Å². The lowest BCUT2D eigenvalue weighted by atomic mass is 10.1. The van der Waals surface area contributed by atoms with E-state index in [1.54, 1.807) is 24.8 Å². The predicted octanol–water partition coefficient (Wildman–Crippen LogP) is 4.56. The Balaban J connectivity index is 2.19. The molecule has 4 heteroatoms. The Bertz CT molecular complexity index is 632. The third-order valence-electron chi connectivity index (χ3n) is 2.90. The van der Waals surface area contributed by atoms with Gasteiger partial charge in [-0.3, -0.25) is 0 Å². The van der Waals surface area contributed by atoms with Crippen LogP contribution in [0.25, 0.3) is 0 Å². The summed E-state index contributed by atoms with van der Waals surface area (Å²) in [6.45, 7) is 1.73. The fourth-order valence-electron chi connectivity index (χ4n) is 1.82. The highest BCUT2D eigenvalue weighted by atomic mass is 35.5. The van der Waals surface area contributed by atoms with E-state index in [9.17, 15) is 5.11 Å². The minimum atomic E-state index is -0.546. The van der Waals surface area contributed by atoms with Crippen LogP contribution in [0.4, 0.5) is 0 Å². The first kappa shape index (κ1) is 14.9. The van der Waals surface area contributed by atoms with E-state index >= 15 is 0 Å². The molecule has 20 heavy (non-hydrogen) atoms. The van der Waals surface area contributed by atoms with Crippen LogP contribution in [0, 0.1) is 11.3 Å². The van der Waals surface area contributed by atoms with Gasteiger partial charge in [0.05, 0.1) is 17.7 Å². The van der Waals surface area contributed by atoms with Crippen molar-refractivity contribution in [2.45, 2.75) is 23.7 Å². The van der Waals surface area contributed by atoms with Gasteiger partial charge in [-0.2, -0.15) is 5.26 Å². The first-order valence-corrected chi connectivity index (χ1v) is 7.56. The molecule has 0 bridgehead atoms. The van der Waals surface area contributed by atoms with E-state index in [0.29, 0.717) is 5.56 Å². The van der Waals surface area contributed by atoms with Gasteiger partial charge >= 0.3 is 0 Å². The Morgan fingerprint density at radius 3 is 2.55 bits per heavy atom. The number of benzene rings is 2. The van der Waals surface area contributed by atoms with Crippen LogP contribution in [0.5, 0.6) is 0 Å². The highest BCUT2D eigenvalue weighted by molar-refractivity contribution is 7.98. The molecule has 102 valence electrons. The Morgan fingerprint density at radius 2 is 1.95 bits per heavy atom. The van der Waals surface area contributed by atoms with Crippen molar-refractivity contribution >= 4 is 23.4 Å². The van der Waals surface area contributed by atoms with Gasteiger partial charge in [0.25, 0.3) is 0 Å². The number of halogens is 1. The molecule has 1 N–H and O–H groups in total. The number of hydrogen-bond donors (Lipinski definition) is 1. The van der Waals surface area contributed by atoms with Gasteiger partial charge in [0.2, 0.25) is 0 Å². The Labute approximate surface area is 128 Å². The minimum absolute atomic E-state index is 0.546. The molecular formula is C16H14ClNOS. The average molecular weight is 304 g/mol. The van der Waals surface area contributed by atoms with Crippen LogP contribution in [0.1, 0.15) is 29.7 Å². The van der Waals surface area contributed by atoms with Gasteiger partial charge in [0.15, 0.2) is 0 Å². The fourth-order valence-corrected chi connectivity index (χ4v) is 3.07. The Kier molecular flexibility index (Phi) is 5.08. The quantitative estimate of drug-likeness (QED) is 0.842. The second-order valence-corrected chi connectivity index (χ2v) is 5.91. The van der Waals surface area contributed by atoms with Crippen LogP contribution < -0.4 is 0 Å². The van der Waals surface area contributed by atoms with E-state index in [4.69, 9.17) is 16.9 Å². The second kappa shape index (κ2) is 6.81. The van der Waals surface area contributed by atoms with Gasteiger partial charge < -0.3 is 5.11 Å². The lowest BCUT2D eigenvalue weighted by Crippen LogP contribution is -1.95. The summed E-state index contributed by atoms with van der Waals surface area (Å²) in [5.74, 6) is 0.770. The molecule has 0 aliphatic carbocycles. The van der Waals surface area contributed by atoms with Crippen LogP contribution in [0.2, 0.25) is 5.02 Å². The summed E-state index contributed by atoms with van der Waals surface area (Å²) in [6.07, 6.45) is -0.546. The molecule has 0 heterocycles. The van der Waals surface area contributed by atoms with E-state index in [0.717, 1.165) is 26.8 Å². The SMILES string of the molecule is CC(O)c1ccc(C#N)cc1SCc1ccc(Cl)cc1. The molecule has 2 aromatic carbocycles. The summed E-state index contributed by atoms with van der Waals surface area (Å²) >= 11 is 7.47. The third kappa shape index (κ3) is 3.77. The molecule has 2 rings (SSSR count). The molecule has 0 spiro atoms. The van der Waals surface area contributed by atoms with Crippen LogP contribution in [0.3, 0.4) is 0 Å². The zero-order valence-electron chi connectivity index (χ0n) is 11.0. The largest absolute Gasteiger partial charge is 0.389 e. The number of aliphatic hydroxyl groups excluding tert-OH is 1. The second-order valence-electron chi connectivity index (χ2n) is 4.46. The molecule has 0 fully saturated rings. The van der Waals surface area contributed by atoms with E-state index in [1.165, 1.54) is 0 Å². The zero-order valence-corrected chi connectivity index (χ0v) is 12.6. The smallest absolute Gasteiger partial charge is 0.0992 e. The molecule has 0 aromatic heterocycles. The summed E-state index contributed by atoms with van der Waals surface area (Å²) in [7, 11) is 0. The lowest BCUT2D eigenvalue weighted by Gasteiger charge is -2.12. The van der Waals surface area contributed by atoms with Crippen LogP contribution in [0.15, 0.2) is 47.4 Å². The third-order valence-corrected chi connectivity index (χ3v) is 4.29. The minimum Gasteiger partial charge on any atom is -0.389 e. The molecule has 2 nitrogen and oxygen atoms in total. The number of nitrogens with zero attached hydrogens (tertiary/aromatic N) is 1. The molecule has 0 amide bonds. The van der Waals surface area contributed by atoms with Gasteiger partial charge in [-0.15, -0.1) is 11.8 Å². The molecule has 0 aliphatic heterocycles. The summed E-state index contributed by atoms with van der Waals surface area (Å²) < 4.78 is 0. The first-order valence-electron chi connectivity index (χ1n) is 6.19. The van der Waals surface area contributed by atoms with Crippen molar-refractivity contribution in [3.05, 3.63) is 64.2 Å². The predicted molar refractivity (Wildman–Crippen MR) is 82.8 cm³/mol. The molecule has 1 atom stereocenters. The molecule has 0 aliphatic rings. The highest BCUT2D eigenvalue weighted by Crippen LogP contribution is 2.31. The van der Waals surface area contributed by atoms with E-state index < -0.39 is 6.10 Å². The van der Waals surface area contributed by atoms with Crippen LogP contribution in [-0.4, -0.2) is 5.11 Å². The number of hydrogen-bond acceptors (Lipinski definition) is 3. The fraction of sp³-hybridized carbons (Fsp3) is 0.188. The van der Waals surface area contributed by atoms with Crippen LogP contribution in [-0.2, 0) is 5.75 Å². The molecule has 0 saturated carbocycles.